The first-order valence-corrected chi connectivity index (χ1v) is 4.63. The quantitative estimate of drug-likeness (QED) is 0.627. The number of carboxylic acids is 1. The number of ether oxygens (including phenoxy) is 1. The standard InChI is InChI=1S/C9H17NO4/c1-3-4-8(11)10-7(9(12)13)5-6-14-2/h7H,3-6H2,1-2H3,(H,10,11)(H,12,13). The molecular formula is C9H17NO4. The van der Waals surface area contributed by atoms with Gasteiger partial charge in [-0.15, -0.1) is 0 Å². The Labute approximate surface area is 83.4 Å². The Morgan fingerprint density at radius 3 is 2.57 bits per heavy atom. The molecule has 0 aromatic rings. The third-order valence-electron chi connectivity index (χ3n) is 1.72. The van der Waals surface area contributed by atoms with Crippen molar-refractivity contribution in [1.82, 2.24) is 5.32 Å². The molecule has 1 atom stereocenters. The number of carbonyl (C=O) groups is 2. The highest BCUT2D eigenvalue weighted by Crippen LogP contribution is 1.95. The van der Waals surface area contributed by atoms with Crippen LogP contribution in [0.25, 0.3) is 0 Å². The molecule has 5 heteroatoms. The van der Waals surface area contributed by atoms with E-state index in [-0.39, 0.29) is 5.91 Å². The third kappa shape index (κ3) is 5.53. The van der Waals surface area contributed by atoms with Crippen molar-refractivity contribution in [1.29, 1.82) is 0 Å². The average molecular weight is 203 g/mol. The van der Waals surface area contributed by atoms with E-state index < -0.39 is 12.0 Å². The van der Waals surface area contributed by atoms with Crippen LogP contribution in [0.3, 0.4) is 0 Å². The molecule has 82 valence electrons. The maximum absolute atomic E-state index is 11.1. The van der Waals surface area contributed by atoms with Gasteiger partial charge < -0.3 is 15.2 Å². The molecule has 0 fully saturated rings. The number of amides is 1. The molecule has 14 heavy (non-hydrogen) atoms. The maximum atomic E-state index is 11.1. The summed E-state index contributed by atoms with van der Waals surface area (Å²) in [5.74, 6) is -1.25. The summed E-state index contributed by atoms with van der Waals surface area (Å²) in [6.07, 6.45) is 1.36. The Kier molecular flexibility index (Phi) is 6.74. The summed E-state index contributed by atoms with van der Waals surface area (Å²) in [4.78, 5) is 21.8. The SMILES string of the molecule is CCCC(=O)NC(CCOC)C(=O)O. The second-order valence-electron chi connectivity index (χ2n) is 2.99. The summed E-state index contributed by atoms with van der Waals surface area (Å²) >= 11 is 0. The molecule has 0 radical (unpaired) electrons. The van der Waals surface area contributed by atoms with E-state index >= 15 is 0 Å². The Morgan fingerprint density at radius 2 is 2.14 bits per heavy atom. The molecule has 0 bridgehead atoms. The van der Waals surface area contributed by atoms with Gasteiger partial charge in [0.15, 0.2) is 0 Å². The zero-order valence-electron chi connectivity index (χ0n) is 8.58. The van der Waals surface area contributed by atoms with Gasteiger partial charge in [0.1, 0.15) is 6.04 Å². The van der Waals surface area contributed by atoms with Crippen LogP contribution in [0.15, 0.2) is 0 Å². The summed E-state index contributed by atoms with van der Waals surface area (Å²) in [6.45, 7) is 2.19. The number of hydrogen-bond acceptors (Lipinski definition) is 3. The number of aliphatic carboxylic acids is 1. The number of carbonyl (C=O) groups excluding carboxylic acids is 1. The van der Waals surface area contributed by atoms with E-state index in [2.05, 4.69) is 5.32 Å². The van der Waals surface area contributed by atoms with Crippen molar-refractivity contribution < 1.29 is 19.4 Å². The molecule has 2 N–H and O–H groups in total. The fraction of sp³-hybridized carbons (Fsp3) is 0.778. The first-order chi connectivity index (χ1) is 6.61. The molecule has 0 heterocycles. The van der Waals surface area contributed by atoms with E-state index in [1.165, 1.54) is 7.11 Å². The van der Waals surface area contributed by atoms with Gasteiger partial charge in [-0.05, 0) is 6.42 Å². The normalized spacial score (nSPS) is 12.1. The van der Waals surface area contributed by atoms with Gasteiger partial charge in [0, 0.05) is 26.6 Å². The van der Waals surface area contributed by atoms with E-state index in [1.54, 1.807) is 0 Å². The van der Waals surface area contributed by atoms with Gasteiger partial charge in [-0.1, -0.05) is 6.92 Å². The number of rotatable bonds is 7. The summed E-state index contributed by atoms with van der Waals surface area (Å²) < 4.78 is 4.75. The van der Waals surface area contributed by atoms with Gasteiger partial charge in [0.25, 0.3) is 0 Å². The number of nitrogens with one attached hydrogen (secondary N) is 1. The second kappa shape index (κ2) is 7.32. The van der Waals surface area contributed by atoms with Crippen LogP contribution in [0.1, 0.15) is 26.2 Å². The lowest BCUT2D eigenvalue weighted by Gasteiger charge is -2.13. The van der Waals surface area contributed by atoms with E-state index in [0.29, 0.717) is 25.9 Å². The summed E-state index contributed by atoms with van der Waals surface area (Å²) in [5.41, 5.74) is 0. The predicted molar refractivity (Wildman–Crippen MR) is 51.0 cm³/mol. The van der Waals surface area contributed by atoms with Gasteiger partial charge >= 0.3 is 5.97 Å². The molecule has 1 unspecified atom stereocenters. The summed E-state index contributed by atoms with van der Waals surface area (Å²) in [6, 6.07) is -0.839. The Morgan fingerprint density at radius 1 is 1.50 bits per heavy atom. The fourth-order valence-corrected chi connectivity index (χ4v) is 0.987. The zero-order chi connectivity index (χ0) is 11.0. The largest absolute Gasteiger partial charge is 0.480 e. The molecule has 1 amide bonds. The second-order valence-corrected chi connectivity index (χ2v) is 2.99. The van der Waals surface area contributed by atoms with Gasteiger partial charge in [-0.25, -0.2) is 4.79 Å². The van der Waals surface area contributed by atoms with E-state index in [9.17, 15) is 9.59 Å². The monoisotopic (exact) mass is 203 g/mol. The lowest BCUT2D eigenvalue weighted by atomic mass is 10.2. The molecule has 0 aromatic heterocycles. The molecule has 0 aliphatic carbocycles. The van der Waals surface area contributed by atoms with Crippen molar-refractivity contribution in [3.8, 4) is 0 Å². The molecule has 0 aliphatic rings. The molecule has 0 saturated carbocycles. The van der Waals surface area contributed by atoms with Crippen LogP contribution in [0.5, 0.6) is 0 Å². The fourth-order valence-electron chi connectivity index (χ4n) is 0.987. The molecular weight excluding hydrogens is 186 g/mol. The molecule has 0 aliphatic heterocycles. The smallest absolute Gasteiger partial charge is 0.326 e. The predicted octanol–water partition coefficient (Wildman–Crippen LogP) is 0.392. The Bertz CT molecular complexity index is 193. The Balaban J connectivity index is 3.95. The van der Waals surface area contributed by atoms with Crippen molar-refractivity contribution in [3.05, 3.63) is 0 Å². The average Bonchev–Trinajstić information content (AvgIpc) is 2.12. The summed E-state index contributed by atoms with van der Waals surface area (Å²) in [5, 5.41) is 11.2. The molecule has 0 spiro atoms. The number of methoxy groups -OCH3 is 1. The number of hydrogen-bond donors (Lipinski definition) is 2. The van der Waals surface area contributed by atoms with Crippen LogP contribution in [0.2, 0.25) is 0 Å². The Hall–Kier alpha value is -1.10. The third-order valence-corrected chi connectivity index (χ3v) is 1.72. The first kappa shape index (κ1) is 12.9. The van der Waals surface area contributed by atoms with E-state index in [0.717, 1.165) is 0 Å². The van der Waals surface area contributed by atoms with Crippen LogP contribution in [-0.2, 0) is 14.3 Å². The minimum atomic E-state index is -1.02. The number of carboxylic acid groups (broad SMARTS) is 1. The van der Waals surface area contributed by atoms with E-state index in [4.69, 9.17) is 9.84 Å². The van der Waals surface area contributed by atoms with Crippen LogP contribution in [-0.4, -0.2) is 36.7 Å². The van der Waals surface area contributed by atoms with Gasteiger partial charge in [-0.3, -0.25) is 4.79 Å². The topological polar surface area (TPSA) is 75.6 Å². The van der Waals surface area contributed by atoms with Crippen LogP contribution < -0.4 is 5.32 Å². The maximum Gasteiger partial charge on any atom is 0.326 e. The van der Waals surface area contributed by atoms with Crippen molar-refractivity contribution in [2.75, 3.05) is 13.7 Å². The zero-order valence-corrected chi connectivity index (χ0v) is 8.58. The van der Waals surface area contributed by atoms with Gasteiger partial charge in [0.05, 0.1) is 0 Å². The lowest BCUT2D eigenvalue weighted by molar-refractivity contribution is -0.142. The minimum absolute atomic E-state index is 0.226. The van der Waals surface area contributed by atoms with Crippen molar-refractivity contribution in [2.24, 2.45) is 0 Å². The lowest BCUT2D eigenvalue weighted by Crippen LogP contribution is -2.41. The first-order valence-electron chi connectivity index (χ1n) is 4.63. The van der Waals surface area contributed by atoms with Crippen LogP contribution >= 0.6 is 0 Å². The van der Waals surface area contributed by atoms with Crippen molar-refractivity contribution >= 4 is 11.9 Å². The minimum Gasteiger partial charge on any atom is -0.480 e. The van der Waals surface area contributed by atoms with Crippen molar-refractivity contribution in [2.45, 2.75) is 32.2 Å². The van der Waals surface area contributed by atoms with Gasteiger partial charge in [0.2, 0.25) is 5.91 Å². The van der Waals surface area contributed by atoms with Gasteiger partial charge in [-0.2, -0.15) is 0 Å². The summed E-state index contributed by atoms with van der Waals surface area (Å²) in [7, 11) is 1.49. The van der Waals surface area contributed by atoms with E-state index in [1.807, 2.05) is 6.92 Å². The highest BCUT2D eigenvalue weighted by Gasteiger charge is 2.18. The molecule has 0 rings (SSSR count). The highest BCUT2D eigenvalue weighted by molar-refractivity contribution is 5.83. The van der Waals surface area contributed by atoms with Crippen LogP contribution in [0, 0.1) is 0 Å². The molecule has 0 aromatic carbocycles. The van der Waals surface area contributed by atoms with Crippen molar-refractivity contribution in [3.63, 3.8) is 0 Å². The molecule has 5 nitrogen and oxygen atoms in total. The highest BCUT2D eigenvalue weighted by atomic mass is 16.5. The molecule has 0 saturated heterocycles. The van der Waals surface area contributed by atoms with Crippen LogP contribution in [0.4, 0.5) is 0 Å².